The summed E-state index contributed by atoms with van der Waals surface area (Å²) in [6, 6.07) is 19.2. The molecule has 37 heavy (non-hydrogen) atoms. The van der Waals surface area contributed by atoms with E-state index in [0.717, 1.165) is 16.0 Å². The van der Waals surface area contributed by atoms with E-state index in [2.05, 4.69) is 5.10 Å². The monoisotopic (exact) mass is 493 g/mol. The third kappa shape index (κ3) is 3.40. The van der Waals surface area contributed by atoms with Crippen molar-refractivity contribution in [3.63, 3.8) is 0 Å². The van der Waals surface area contributed by atoms with Crippen molar-refractivity contribution in [1.29, 1.82) is 0 Å². The lowest BCUT2D eigenvalue weighted by Gasteiger charge is -2.33. The number of carbonyl (C=O) groups is 4. The van der Waals surface area contributed by atoms with Crippen molar-refractivity contribution in [2.24, 2.45) is 16.9 Å². The SMILES string of the molecule is COc1ccc(C(=O)[C@@H]2[C@@H]3C(=O)N(c4ccc(C(C)=O)cc4)C(=O)[C@@H]3[C@H]3c4ccccc4C=NN23)cc1. The van der Waals surface area contributed by atoms with Gasteiger partial charge in [0.25, 0.3) is 0 Å². The molecular weight excluding hydrogens is 470 g/mol. The van der Waals surface area contributed by atoms with E-state index < -0.39 is 29.8 Å². The van der Waals surface area contributed by atoms with Crippen LogP contribution in [0.2, 0.25) is 0 Å². The molecule has 2 saturated heterocycles. The molecule has 0 unspecified atom stereocenters. The van der Waals surface area contributed by atoms with Gasteiger partial charge in [-0.2, -0.15) is 5.10 Å². The van der Waals surface area contributed by atoms with Crippen LogP contribution in [0.1, 0.15) is 44.8 Å². The number of amides is 2. The van der Waals surface area contributed by atoms with Crippen LogP contribution in [0.15, 0.2) is 77.9 Å². The number of benzene rings is 3. The molecule has 8 nitrogen and oxygen atoms in total. The van der Waals surface area contributed by atoms with E-state index in [4.69, 9.17) is 4.74 Å². The minimum Gasteiger partial charge on any atom is -0.497 e. The zero-order valence-corrected chi connectivity index (χ0v) is 20.2. The van der Waals surface area contributed by atoms with Crippen LogP contribution in [0.4, 0.5) is 5.69 Å². The maximum Gasteiger partial charge on any atom is 0.240 e. The van der Waals surface area contributed by atoms with Gasteiger partial charge in [-0.1, -0.05) is 24.3 Å². The number of hydrogen-bond donors (Lipinski definition) is 0. The fraction of sp³-hybridized carbons (Fsp3) is 0.207. The highest BCUT2D eigenvalue weighted by Crippen LogP contribution is 2.53. The predicted molar refractivity (Wildman–Crippen MR) is 136 cm³/mol. The lowest BCUT2D eigenvalue weighted by atomic mass is 9.83. The number of Topliss-reactive ketones (excluding diaryl/α,β-unsaturated/α-hetero) is 2. The Bertz CT molecular complexity index is 1480. The Labute approximate surface area is 213 Å². The highest BCUT2D eigenvalue weighted by atomic mass is 16.5. The van der Waals surface area contributed by atoms with E-state index >= 15 is 0 Å². The van der Waals surface area contributed by atoms with E-state index in [1.165, 1.54) is 6.92 Å². The van der Waals surface area contributed by atoms with Crippen molar-refractivity contribution < 1.29 is 23.9 Å². The first kappa shape index (κ1) is 22.8. The Kier molecular flexibility index (Phi) is 5.26. The smallest absolute Gasteiger partial charge is 0.240 e. The molecule has 3 aliphatic heterocycles. The number of nitrogens with zero attached hydrogens (tertiary/aromatic N) is 3. The van der Waals surface area contributed by atoms with Crippen LogP contribution in [-0.2, 0) is 9.59 Å². The summed E-state index contributed by atoms with van der Waals surface area (Å²) in [5.41, 5.74) is 2.97. The number of fused-ring (bicyclic) bond motifs is 5. The molecule has 3 aromatic rings. The van der Waals surface area contributed by atoms with Gasteiger partial charge in [-0.3, -0.25) is 24.2 Å². The summed E-state index contributed by atoms with van der Waals surface area (Å²) in [5, 5.41) is 6.21. The number of ether oxygens (including phenoxy) is 1. The van der Waals surface area contributed by atoms with Crippen LogP contribution >= 0.6 is 0 Å². The Morgan fingerprint density at radius 3 is 2.16 bits per heavy atom. The van der Waals surface area contributed by atoms with Gasteiger partial charge < -0.3 is 4.74 Å². The van der Waals surface area contributed by atoms with Crippen molar-refractivity contribution in [2.45, 2.75) is 19.0 Å². The minimum atomic E-state index is -0.953. The molecule has 4 atom stereocenters. The Hall–Kier alpha value is -4.59. The molecule has 0 aromatic heterocycles. The van der Waals surface area contributed by atoms with Crippen LogP contribution in [0.3, 0.4) is 0 Å². The number of rotatable bonds is 5. The highest BCUT2D eigenvalue weighted by Gasteiger charge is 2.65. The molecule has 8 heteroatoms. The molecule has 3 heterocycles. The zero-order chi connectivity index (χ0) is 25.8. The van der Waals surface area contributed by atoms with Crippen molar-refractivity contribution in [3.8, 4) is 5.75 Å². The molecule has 3 aromatic carbocycles. The summed E-state index contributed by atoms with van der Waals surface area (Å²) in [6.07, 6.45) is 1.67. The Morgan fingerprint density at radius 1 is 0.838 bits per heavy atom. The van der Waals surface area contributed by atoms with E-state index in [1.807, 2.05) is 24.3 Å². The summed E-state index contributed by atoms with van der Waals surface area (Å²) in [5.74, 6) is -2.31. The second-order valence-corrected chi connectivity index (χ2v) is 9.40. The zero-order valence-electron chi connectivity index (χ0n) is 20.2. The molecule has 0 saturated carbocycles. The number of carbonyl (C=O) groups excluding carboxylic acids is 4. The van der Waals surface area contributed by atoms with Gasteiger partial charge in [0.15, 0.2) is 11.6 Å². The predicted octanol–water partition coefficient (Wildman–Crippen LogP) is 3.66. The Balaban J connectivity index is 1.45. The number of hydrogen-bond acceptors (Lipinski definition) is 7. The molecule has 0 bridgehead atoms. The normalized spacial score (nSPS) is 23.5. The second kappa shape index (κ2) is 8.51. The molecule has 6 rings (SSSR count). The maximum atomic E-state index is 13.9. The van der Waals surface area contributed by atoms with E-state index in [-0.39, 0.29) is 17.5 Å². The molecule has 3 aliphatic rings. The van der Waals surface area contributed by atoms with Gasteiger partial charge in [-0.05, 0) is 66.6 Å². The van der Waals surface area contributed by atoms with Crippen molar-refractivity contribution in [1.82, 2.24) is 5.01 Å². The van der Waals surface area contributed by atoms with Gasteiger partial charge in [0.2, 0.25) is 11.8 Å². The molecule has 0 N–H and O–H groups in total. The highest BCUT2D eigenvalue weighted by molar-refractivity contribution is 6.24. The first-order valence-corrected chi connectivity index (χ1v) is 12.0. The van der Waals surface area contributed by atoms with Crippen LogP contribution < -0.4 is 9.64 Å². The number of ketones is 2. The summed E-state index contributed by atoms with van der Waals surface area (Å²) in [4.78, 5) is 54.6. The lowest BCUT2D eigenvalue weighted by molar-refractivity contribution is -0.124. The van der Waals surface area contributed by atoms with Gasteiger partial charge in [-0.25, -0.2) is 4.90 Å². The lowest BCUT2D eigenvalue weighted by Crippen LogP contribution is -2.44. The van der Waals surface area contributed by atoms with Crippen molar-refractivity contribution >= 4 is 35.3 Å². The third-order valence-corrected chi connectivity index (χ3v) is 7.47. The number of imide groups is 1. The van der Waals surface area contributed by atoms with E-state index in [1.54, 1.807) is 66.9 Å². The fourth-order valence-corrected chi connectivity index (χ4v) is 5.69. The van der Waals surface area contributed by atoms with Crippen LogP contribution in [-0.4, -0.2) is 47.8 Å². The molecule has 0 aliphatic carbocycles. The number of anilines is 1. The number of methoxy groups -OCH3 is 1. The quantitative estimate of drug-likeness (QED) is 0.398. The molecule has 184 valence electrons. The fourth-order valence-electron chi connectivity index (χ4n) is 5.69. The largest absolute Gasteiger partial charge is 0.497 e. The van der Waals surface area contributed by atoms with Gasteiger partial charge in [-0.15, -0.1) is 0 Å². The number of hydrazone groups is 1. The van der Waals surface area contributed by atoms with E-state index in [0.29, 0.717) is 22.6 Å². The Morgan fingerprint density at radius 2 is 1.49 bits per heavy atom. The van der Waals surface area contributed by atoms with Crippen LogP contribution in [0.25, 0.3) is 0 Å². The van der Waals surface area contributed by atoms with E-state index in [9.17, 15) is 19.2 Å². The van der Waals surface area contributed by atoms with Crippen LogP contribution in [0.5, 0.6) is 5.75 Å². The molecule has 0 spiro atoms. The van der Waals surface area contributed by atoms with Crippen molar-refractivity contribution in [3.05, 3.63) is 95.1 Å². The topological polar surface area (TPSA) is 96.3 Å². The molecule has 2 fully saturated rings. The molecule has 2 amide bonds. The van der Waals surface area contributed by atoms with Gasteiger partial charge in [0, 0.05) is 11.1 Å². The average Bonchev–Trinajstić information content (AvgIpc) is 3.40. The van der Waals surface area contributed by atoms with Gasteiger partial charge >= 0.3 is 0 Å². The second-order valence-electron chi connectivity index (χ2n) is 9.40. The van der Waals surface area contributed by atoms with Crippen molar-refractivity contribution in [2.75, 3.05) is 12.0 Å². The first-order chi connectivity index (χ1) is 17.9. The minimum absolute atomic E-state index is 0.111. The molecule has 0 radical (unpaired) electrons. The van der Waals surface area contributed by atoms with Gasteiger partial charge in [0.1, 0.15) is 11.8 Å². The molecular formula is C29H23N3O5. The maximum absolute atomic E-state index is 13.9. The summed E-state index contributed by atoms with van der Waals surface area (Å²) >= 11 is 0. The third-order valence-electron chi connectivity index (χ3n) is 7.47. The average molecular weight is 494 g/mol. The summed E-state index contributed by atoms with van der Waals surface area (Å²) in [7, 11) is 1.54. The van der Waals surface area contributed by atoms with Crippen LogP contribution in [0, 0.1) is 11.8 Å². The van der Waals surface area contributed by atoms with Gasteiger partial charge in [0.05, 0.1) is 36.9 Å². The summed E-state index contributed by atoms with van der Waals surface area (Å²) in [6.45, 7) is 1.45. The standard InChI is InChI=1S/C29H23N3O5/c1-16(33)17-7-11-20(12-8-17)31-28(35)23-24(29(31)36)26(27(34)18-9-13-21(37-2)14-10-18)32-25(23)22-6-4-3-5-19(22)15-30-32/h3-15,23-26H,1-2H3/t23-,24+,25+,26-/m0/s1. The first-order valence-electron chi connectivity index (χ1n) is 12.0. The summed E-state index contributed by atoms with van der Waals surface area (Å²) < 4.78 is 5.21.